The Morgan fingerprint density at radius 3 is 3.14 bits per heavy atom. The molecular weight excluding hydrogens is 202 g/mol. The minimum atomic E-state index is -0.115. The number of anilines is 1. The van der Waals surface area contributed by atoms with Gasteiger partial charge in [0.05, 0.1) is 13.2 Å². The summed E-state index contributed by atoms with van der Waals surface area (Å²) in [4.78, 5) is 17.0. The van der Waals surface area contributed by atoms with E-state index >= 15 is 0 Å². The van der Waals surface area contributed by atoms with Crippen molar-refractivity contribution >= 4 is 22.4 Å². The van der Waals surface area contributed by atoms with Crippen LogP contribution in [0.15, 0.2) is 11.6 Å². The summed E-state index contributed by atoms with van der Waals surface area (Å²) in [5.41, 5.74) is 0. The number of rotatable bonds is 5. The molecule has 1 rings (SSSR count). The molecule has 2 N–H and O–H groups in total. The second kappa shape index (κ2) is 5.69. The topological polar surface area (TPSA) is 65.5 Å². The summed E-state index contributed by atoms with van der Waals surface area (Å²) < 4.78 is 0. The highest BCUT2D eigenvalue weighted by molar-refractivity contribution is 7.13. The third kappa shape index (κ3) is 3.82. The first-order chi connectivity index (χ1) is 6.72. The van der Waals surface area contributed by atoms with E-state index in [4.69, 9.17) is 5.11 Å². The summed E-state index contributed by atoms with van der Waals surface area (Å²) in [5.74, 6) is -0.115. The highest BCUT2D eigenvalue weighted by atomic mass is 32.1. The van der Waals surface area contributed by atoms with Gasteiger partial charge in [-0.25, -0.2) is 4.98 Å². The van der Waals surface area contributed by atoms with Crippen molar-refractivity contribution in [3.05, 3.63) is 11.6 Å². The van der Waals surface area contributed by atoms with Crippen LogP contribution in [0.1, 0.15) is 0 Å². The van der Waals surface area contributed by atoms with E-state index in [9.17, 15) is 4.79 Å². The number of carbonyl (C=O) groups excluding carboxylic acids is 1. The summed E-state index contributed by atoms with van der Waals surface area (Å²) in [6.07, 6.45) is 1.64. The minimum Gasteiger partial charge on any atom is -0.395 e. The molecule has 1 aromatic rings. The van der Waals surface area contributed by atoms with Crippen molar-refractivity contribution in [1.82, 2.24) is 9.88 Å². The van der Waals surface area contributed by atoms with Gasteiger partial charge in [0.25, 0.3) is 0 Å². The number of hydrogen-bond donors (Lipinski definition) is 2. The first-order valence-electron chi connectivity index (χ1n) is 4.21. The van der Waals surface area contributed by atoms with Gasteiger partial charge in [0.1, 0.15) is 0 Å². The van der Waals surface area contributed by atoms with Crippen LogP contribution < -0.4 is 5.32 Å². The number of carbonyl (C=O) groups is 1. The van der Waals surface area contributed by atoms with Gasteiger partial charge < -0.3 is 10.4 Å². The van der Waals surface area contributed by atoms with Gasteiger partial charge in [0, 0.05) is 18.1 Å². The number of thiazole rings is 1. The van der Waals surface area contributed by atoms with Crippen LogP contribution in [0.4, 0.5) is 5.13 Å². The number of amides is 1. The molecule has 5 nitrogen and oxygen atoms in total. The second-order valence-electron chi connectivity index (χ2n) is 2.85. The molecule has 0 aliphatic rings. The van der Waals surface area contributed by atoms with Crippen molar-refractivity contribution in [2.75, 3.05) is 32.1 Å². The van der Waals surface area contributed by atoms with Crippen LogP contribution in [-0.4, -0.2) is 47.6 Å². The van der Waals surface area contributed by atoms with E-state index in [1.807, 2.05) is 0 Å². The Balaban J connectivity index is 2.29. The van der Waals surface area contributed by atoms with Crippen molar-refractivity contribution in [2.45, 2.75) is 0 Å². The number of nitrogens with zero attached hydrogens (tertiary/aromatic N) is 2. The Morgan fingerprint density at radius 1 is 1.79 bits per heavy atom. The molecule has 0 aliphatic carbocycles. The molecule has 1 amide bonds. The number of aromatic nitrogens is 1. The van der Waals surface area contributed by atoms with Gasteiger partial charge in [-0.2, -0.15) is 0 Å². The summed E-state index contributed by atoms with van der Waals surface area (Å²) in [6, 6.07) is 0. The Bertz CT molecular complexity index is 276. The molecule has 78 valence electrons. The molecule has 0 unspecified atom stereocenters. The van der Waals surface area contributed by atoms with Crippen LogP contribution in [0, 0.1) is 0 Å². The van der Waals surface area contributed by atoms with Gasteiger partial charge in [0.2, 0.25) is 5.91 Å². The van der Waals surface area contributed by atoms with Crippen LogP contribution in [-0.2, 0) is 4.79 Å². The number of likely N-dealkylation sites (N-methyl/N-ethyl adjacent to an activating group) is 1. The van der Waals surface area contributed by atoms with Crippen molar-refractivity contribution in [3.8, 4) is 0 Å². The van der Waals surface area contributed by atoms with E-state index in [-0.39, 0.29) is 19.1 Å². The Kier molecular flexibility index (Phi) is 4.51. The predicted octanol–water partition coefficient (Wildman–Crippen LogP) is 0.00570. The van der Waals surface area contributed by atoms with E-state index in [0.29, 0.717) is 11.7 Å². The zero-order valence-electron chi connectivity index (χ0n) is 7.93. The van der Waals surface area contributed by atoms with Gasteiger partial charge >= 0.3 is 0 Å². The van der Waals surface area contributed by atoms with Crippen LogP contribution in [0.5, 0.6) is 0 Å². The molecule has 0 radical (unpaired) electrons. The highest BCUT2D eigenvalue weighted by Gasteiger charge is 2.06. The van der Waals surface area contributed by atoms with Gasteiger partial charge in [0.15, 0.2) is 5.13 Å². The first-order valence-corrected chi connectivity index (χ1v) is 5.09. The van der Waals surface area contributed by atoms with Gasteiger partial charge in [-0.3, -0.25) is 9.69 Å². The fourth-order valence-electron chi connectivity index (χ4n) is 0.939. The Labute approximate surface area is 86.4 Å². The lowest BCUT2D eigenvalue weighted by Crippen LogP contribution is -2.32. The maximum atomic E-state index is 11.3. The van der Waals surface area contributed by atoms with Gasteiger partial charge in [-0.1, -0.05) is 0 Å². The van der Waals surface area contributed by atoms with Crippen molar-refractivity contribution in [2.24, 2.45) is 0 Å². The molecule has 0 atom stereocenters. The summed E-state index contributed by atoms with van der Waals surface area (Å²) >= 11 is 1.38. The molecule has 0 spiro atoms. The molecule has 0 saturated heterocycles. The van der Waals surface area contributed by atoms with E-state index in [1.165, 1.54) is 11.3 Å². The summed E-state index contributed by atoms with van der Waals surface area (Å²) in [6.45, 7) is 0.812. The average molecular weight is 215 g/mol. The maximum absolute atomic E-state index is 11.3. The molecule has 0 aromatic carbocycles. The maximum Gasteiger partial charge on any atom is 0.240 e. The van der Waals surface area contributed by atoms with Gasteiger partial charge in [-0.05, 0) is 7.05 Å². The Morgan fingerprint density at radius 2 is 2.57 bits per heavy atom. The fraction of sp³-hybridized carbons (Fsp3) is 0.500. The first kappa shape index (κ1) is 11.1. The molecule has 0 saturated carbocycles. The Hall–Kier alpha value is -0.980. The summed E-state index contributed by atoms with van der Waals surface area (Å²) in [7, 11) is 1.78. The predicted molar refractivity (Wildman–Crippen MR) is 55.3 cm³/mol. The normalized spacial score (nSPS) is 10.5. The number of aliphatic hydroxyl groups excluding tert-OH is 1. The molecule has 1 aromatic heterocycles. The second-order valence-corrected chi connectivity index (χ2v) is 3.74. The molecule has 6 heteroatoms. The molecule has 1 heterocycles. The SMILES string of the molecule is CN(CCO)CC(=O)Nc1nccs1. The highest BCUT2D eigenvalue weighted by Crippen LogP contribution is 2.09. The molecule has 0 aliphatic heterocycles. The third-order valence-corrected chi connectivity index (χ3v) is 2.26. The fourth-order valence-corrected chi connectivity index (χ4v) is 1.48. The lowest BCUT2D eigenvalue weighted by molar-refractivity contribution is -0.117. The van der Waals surface area contributed by atoms with Crippen molar-refractivity contribution < 1.29 is 9.90 Å². The largest absolute Gasteiger partial charge is 0.395 e. The lowest BCUT2D eigenvalue weighted by Gasteiger charge is -2.13. The summed E-state index contributed by atoms with van der Waals surface area (Å²) in [5, 5.41) is 13.7. The van der Waals surface area contributed by atoms with Crippen LogP contribution in [0.25, 0.3) is 0 Å². The number of aliphatic hydroxyl groups is 1. The van der Waals surface area contributed by atoms with E-state index in [2.05, 4.69) is 10.3 Å². The molecular formula is C8H13N3O2S. The quantitative estimate of drug-likeness (QED) is 0.726. The number of nitrogens with one attached hydrogen (secondary N) is 1. The van der Waals surface area contributed by atoms with Crippen LogP contribution >= 0.6 is 11.3 Å². The van der Waals surface area contributed by atoms with E-state index in [1.54, 1.807) is 23.5 Å². The standard InChI is InChI=1S/C8H13N3O2S/c1-11(3-4-12)6-7(13)10-8-9-2-5-14-8/h2,5,12H,3-4,6H2,1H3,(H,9,10,13). The van der Waals surface area contributed by atoms with Crippen LogP contribution in [0.3, 0.4) is 0 Å². The zero-order valence-corrected chi connectivity index (χ0v) is 8.75. The molecule has 0 bridgehead atoms. The molecule has 14 heavy (non-hydrogen) atoms. The minimum absolute atomic E-state index is 0.0566. The van der Waals surface area contributed by atoms with E-state index in [0.717, 1.165) is 0 Å². The van der Waals surface area contributed by atoms with E-state index < -0.39 is 0 Å². The zero-order chi connectivity index (χ0) is 10.4. The lowest BCUT2D eigenvalue weighted by atomic mass is 10.5. The van der Waals surface area contributed by atoms with Gasteiger partial charge in [-0.15, -0.1) is 11.3 Å². The number of hydrogen-bond acceptors (Lipinski definition) is 5. The monoisotopic (exact) mass is 215 g/mol. The third-order valence-electron chi connectivity index (χ3n) is 1.57. The molecule has 0 fully saturated rings. The smallest absolute Gasteiger partial charge is 0.240 e. The van der Waals surface area contributed by atoms with Crippen LogP contribution in [0.2, 0.25) is 0 Å². The van der Waals surface area contributed by atoms with Crippen molar-refractivity contribution in [1.29, 1.82) is 0 Å². The average Bonchev–Trinajstić information content (AvgIpc) is 2.56. The van der Waals surface area contributed by atoms with Crippen molar-refractivity contribution in [3.63, 3.8) is 0 Å².